The van der Waals surface area contributed by atoms with Crippen molar-refractivity contribution in [3.8, 4) is 0 Å². The van der Waals surface area contributed by atoms with Gasteiger partial charge in [-0.1, -0.05) is 42.8 Å². The summed E-state index contributed by atoms with van der Waals surface area (Å²) in [6.45, 7) is 6.27. The average molecular weight is 299 g/mol. The maximum Gasteiger partial charge on any atom is 0.239 e. The zero-order valence-corrected chi connectivity index (χ0v) is 12.0. The van der Waals surface area contributed by atoms with Crippen LogP contribution in [-0.2, 0) is 4.79 Å². The van der Waals surface area contributed by atoms with Crippen LogP contribution in [0.3, 0.4) is 0 Å². The van der Waals surface area contributed by atoms with Gasteiger partial charge in [0.05, 0.1) is 0 Å². The number of anilines is 1. The molecule has 1 amide bonds. The molecule has 0 aliphatic heterocycles. The minimum absolute atomic E-state index is 0.0543. The summed E-state index contributed by atoms with van der Waals surface area (Å²) in [5.74, 6) is -0.320. The van der Waals surface area contributed by atoms with E-state index in [1.54, 1.807) is 0 Å². The number of amides is 1. The molecule has 0 radical (unpaired) electrons. The van der Waals surface area contributed by atoms with Gasteiger partial charge >= 0.3 is 0 Å². The third kappa shape index (κ3) is 5.22. The summed E-state index contributed by atoms with van der Waals surface area (Å²) in [5, 5.41) is 3.17. The van der Waals surface area contributed by atoms with Crippen LogP contribution in [0.25, 0.3) is 0 Å². The first kappa shape index (κ1) is 14.0. The SMILES string of the molecule is CC(C)(C)CC(Nc1cccc(Br)c1)C(N)=O. The molecule has 3 N–H and O–H groups in total. The van der Waals surface area contributed by atoms with Crippen molar-refractivity contribution in [1.82, 2.24) is 0 Å². The van der Waals surface area contributed by atoms with Crippen LogP contribution in [-0.4, -0.2) is 11.9 Å². The minimum Gasteiger partial charge on any atom is -0.374 e. The molecular weight excluding hydrogens is 280 g/mol. The van der Waals surface area contributed by atoms with Gasteiger partial charge in [0.2, 0.25) is 5.91 Å². The van der Waals surface area contributed by atoms with E-state index in [0.717, 1.165) is 10.2 Å². The van der Waals surface area contributed by atoms with Crippen molar-refractivity contribution in [3.63, 3.8) is 0 Å². The fraction of sp³-hybridized carbons (Fsp3) is 0.462. The van der Waals surface area contributed by atoms with Crippen LogP contribution in [0.2, 0.25) is 0 Å². The predicted octanol–water partition coefficient (Wildman–Crippen LogP) is 3.15. The average Bonchev–Trinajstić information content (AvgIpc) is 2.14. The molecular formula is C13H19BrN2O. The Bertz CT molecular complexity index is 399. The number of carbonyl (C=O) groups excluding carboxylic acids is 1. The van der Waals surface area contributed by atoms with E-state index in [2.05, 4.69) is 42.0 Å². The van der Waals surface area contributed by atoms with E-state index in [1.807, 2.05) is 24.3 Å². The molecule has 0 spiro atoms. The van der Waals surface area contributed by atoms with Gasteiger partial charge in [0.15, 0.2) is 0 Å². The van der Waals surface area contributed by atoms with Gasteiger partial charge in [0.25, 0.3) is 0 Å². The van der Waals surface area contributed by atoms with E-state index in [9.17, 15) is 4.79 Å². The maximum atomic E-state index is 11.4. The van der Waals surface area contributed by atoms with Crippen LogP contribution in [0.4, 0.5) is 5.69 Å². The van der Waals surface area contributed by atoms with Gasteiger partial charge in [-0.25, -0.2) is 0 Å². The maximum absolute atomic E-state index is 11.4. The van der Waals surface area contributed by atoms with Crippen LogP contribution >= 0.6 is 15.9 Å². The summed E-state index contributed by atoms with van der Waals surface area (Å²) < 4.78 is 0.974. The number of carbonyl (C=O) groups is 1. The van der Waals surface area contributed by atoms with Crippen molar-refractivity contribution in [3.05, 3.63) is 28.7 Å². The highest BCUT2D eigenvalue weighted by Gasteiger charge is 2.22. The third-order valence-electron chi connectivity index (χ3n) is 2.33. The molecule has 0 aliphatic carbocycles. The summed E-state index contributed by atoms with van der Waals surface area (Å²) in [4.78, 5) is 11.4. The van der Waals surface area contributed by atoms with E-state index in [-0.39, 0.29) is 17.4 Å². The van der Waals surface area contributed by atoms with Gasteiger partial charge in [-0.05, 0) is 30.0 Å². The Balaban J connectivity index is 2.77. The summed E-state index contributed by atoms with van der Waals surface area (Å²) in [7, 11) is 0. The normalized spacial score (nSPS) is 13.2. The molecule has 0 fully saturated rings. The molecule has 0 saturated carbocycles. The zero-order chi connectivity index (χ0) is 13.1. The van der Waals surface area contributed by atoms with E-state index in [0.29, 0.717) is 6.42 Å². The first-order chi connectivity index (χ1) is 7.78. The van der Waals surface area contributed by atoms with Gasteiger partial charge in [-0.2, -0.15) is 0 Å². The minimum atomic E-state index is -0.343. The fourth-order valence-corrected chi connectivity index (χ4v) is 2.01. The van der Waals surface area contributed by atoms with Gasteiger partial charge in [-0.15, -0.1) is 0 Å². The van der Waals surface area contributed by atoms with Crippen LogP contribution in [0, 0.1) is 5.41 Å². The van der Waals surface area contributed by atoms with Crippen LogP contribution < -0.4 is 11.1 Å². The zero-order valence-electron chi connectivity index (χ0n) is 10.5. The largest absolute Gasteiger partial charge is 0.374 e. The molecule has 17 heavy (non-hydrogen) atoms. The van der Waals surface area contributed by atoms with Gasteiger partial charge in [-0.3, -0.25) is 4.79 Å². The monoisotopic (exact) mass is 298 g/mol. The predicted molar refractivity (Wildman–Crippen MR) is 74.8 cm³/mol. The van der Waals surface area contributed by atoms with E-state index >= 15 is 0 Å². The molecule has 94 valence electrons. The molecule has 1 aromatic carbocycles. The number of hydrogen-bond acceptors (Lipinski definition) is 2. The molecule has 0 saturated heterocycles. The Morgan fingerprint density at radius 2 is 2.12 bits per heavy atom. The summed E-state index contributed by atoms with van der Waals surface area (Å²) >= 11 is 3.39. The molecule has 0 aliphatic rings. The lowest BCUT2D eigenvalue weighted by Crippen LogP contribution is -2.38. The Morgan fingerprint density at radius 3 is 2.59 bits per heavy atom. The van der Waals surface area contributed by atoms with Crippen molar-refractivity contribution < 1.29 is 4.79 Å². The van der Waals surface area contributed by atoms with Crippen LogP contribution in [0.1, 0.15) is 27.2 Å². The summed E-state index contributed by atoms with van der Waals surface area (Å²) in [5.41, 5.74) is 6.37. The van der Waals surface area contributed by atoms with Crippen molar-refractivity contribution >= 4 is 27.5 Å². The lowest BCUT2D eigenvalue weighted by molar-refractivity contribution is -0.119. The quantitative estimate of drug-likeness (QED) is 0.897. The van der Waals surface area contributed by atoms with Crippen LogP contribution in [0.15, 0.2) is 28.7 Å². The second kappa shape index (κ2) is 5.54. The lowest BCUT2D eigenvalue weighted by Gasteiger charge is -2.25. The molecule has 3 nitrogen and oxygen atoms in total. The molecule has 1 rings (SSSR count). The van der Waals surface area contributed by atoms with Crippen molar-refractivity contribution in [2.45, 2.75) is 33.2 Å². The number of hydrogen-bond donors (Lipinski definition) is 2. The summed E-state index contributed by atoms with van der Waals surface area (Å²) in [6.07, 6.45) is 0.703. The Kier molecular flexibility index (Phi) is 4.57. The molecule has 0 heterocycles. The van der Waals surface area contributed by atoms with Gasteiger partial charge < -0.3 is 11.1 Å². The molecule has 0 aromatic heterocycles. The number of rotatable bonds is 4. The van der Waals surface area contributed by atoms with Gasteiger partial charge in [0, 0.05) is 10.2 Å². The molecule has 1 atom stereocenters. The van der Waals surface area contributed by atoms with Gasteiger partial charge in [0.1, 0.15) is 6.04 Å². The fourth-order valence-electron chi connectivity index (χ4n) is 1.61. The third-order valence-corrected chi connectivity index (χ3v) is 2.82. The second-order valence-corrected chi connectivity index (χ2v) is 6.29. The first-order valence-electron chi connectivity index (χ1n) is 5.59. The first-order valence-corrected chi connectivity index (χ1v) is 6.39. The Morgan fingerprint density at radius 1 is 1.47 bits per heavy atom. The Hall–Kier alpha value is -1.03. The number of benzene rings is 1. The summed E-state index contributed by atoms with van der Waals surface area (Å²) in [6, 6.07) is 7.36. The van der Waals surface area contributed by atoms with E-state index in [1.165, 1.54) is 0 Å². The lowest BCUT2D eigenvalue weighted by atomic mass is 9.88. The number of nitrogens with two attached hydrogens (primary N) is 1. The van der Waals surface area contributed by atoms with Crippen molar-refractivity contribution in [2.24, 2.45) is 11.1 Å². The highest BCUT2D eigenvalue weighted by molar-refractivity contribution is 9.10. The second-order valence-electron chi connectivity index (χ2n) is 5.37. The topological polar surface area (TPSA) is 55.1 Å². The molecule has 4 heteroatoms. The van der Waals surface area contributed by atoms with E-state index < -0.39 is 0 Å². The smallest absolute Gasteiger partial charge is 0.239 e. The van der Waals surface area contributed by atoms with Crippen LogP contribution in [0.5, 0.6) is 0 Å². The highest BCUT2D eigenvalue weighted by Crippen LogP contribution is 2.24. The molecule has 1 aromatic rings. The molecule has 0 bridgehead atoms. The molecule has 1 unspecified atom stereocenters. The Labute approximate surface area is 111 Å². The van der Waals surface area contributed by atoms with Crippen molar-refractivity contribution in [2.75, 3.05) is 5.32 Å². The number of primary amides is 1. The standard InChI is InChI=1S/C13H19BrN2O/c1-13(2,3)8-11(12(15)17)16-10-6-4-5-9(14)7-10/h4-7,11,16H,8H2,1-3H3,(H2,15,17). The van der Waals surface area contributed by atoms with E-state index in [4.69, 9.17) is 5.73 Å². The number of halogens is 1. The highest BCUT2D eigenvalue weighted by atomic mass is 79.9. The van der Waals surface area contributed by atoms with Crippen molar-refractivity contribution in [1.29, 1.82) is 0 Å². The number of nitrogens with one attached hydrogen (secondary N) is 1.